The molecule has 12 heteroatoms. The van der Waals surface area contributed by atoms with E-state index in [0.29, 0.717) is 0 Å². The van der Waals surface area contributed by atoms with Crippen molar-refractivity contribution in [3.63, 3.8) is 0 Å². The molecule has 4 aliphatic heterocycles. The van der Waals surface area contributed by atoms with Crippen LogP contribution < -0.4 is 10.1 Å². The molecule has 268 valence electrons. The second-order valence-corrected chi connectivity index (χ2v) is 14.2. The number of hydrogen-bond acceptors (Lipinski definition) is 11. The van der Waals surface area contributed by atoms with Crippen molar-refractivity contribution in [3.05, 3.63) is 70.2 Å². The number of amides is 1. The van der Waals surface area contributed by atoms with Crippen LogP contribution in [-0.2, 0) is 28.5 Å². The van der Waals surface area contributed by atoms with E-state index in [2.05, 4.69) is 5.32 Å². The van der Waals surface area contributed by atoms with Gasteiger partial charge in [-0.2, -0.15) is 0 Å². The van der Waals surface area contributed by atoms with Crippen molar-refractivity contribution in [3.8, 4) is 11.5 Å². The number of phenols is 1. The lowest BCUT2D eigenvalue weighted by Crippen LogP contribution is -2.56. The number of nitrogens with one attached hydrogen (secondary N) is 1. The molecule has 8 atom stereocenters. The Morgan fingerprint density at radius 3 is 2.20 bits per heavy atom. The molecule has 1 aliphatic carbocycles. The number of carbonyl (C=O) groups is 5. The van der Waals surface area contributed by atoms with E-state index in [-0.39, 0.29) is 51.3 Å². The lowest BCUT2D eigenvalue weighted by molar-refractivity contribution is -0.335. The summed E-state index contributed by atoms with van der Waals surface area (Å²) >= 11 is 0. The molecule has 0 spiro atoms. The van der Waals surface area contributed by atoms with Crippen LogP contribution in [0.15, 0.2) is 47.9 Å². The first-order chi connectivity index (χ1) is 23.3. The van der Waals surface area contributed by atoms with Gasteiger partial charge in [0.1, 0.15) is 17.3 Å². The maximum Gasteiger partial charge on any atom is 0.312 e. The molecule has 5 aliphatic rings. The summed E-state index contributed by atoms with van der Waals surface area (Å²) in [6, 6.07) is 0. The molecule has 8 unspecified atom stereocenters. The zero-order valence-electron chi connectivity index (χ0n) is 30.0. The summed E-state index contributed by atoms with van der Waals surface area (Å²) in [5.41, 5.74) is -1.09. The highest BCUT2D eigenvalue weighted by Crippen LogP contribution is 2.48. The highest BCUT2D eigenvalue weighted by atomic mass is 16.7. The summed E-state index contributed by atoms with van der Waals surface area (Å²) in [5, 5.41) is 13.6. The van der Waals surface area contributed by atoms with Crippen molar-refractivity contribution in [1.29, 1.82) is 0 Å². The highest BCUT2D eigenvalue weighted by molar-refractivity contribution is 6.30. The standard InChI is InChI=1S/C38H45NO11/c1-17-12-11-13-18(2)36(45)39-23-16-24(40)26-27(31(23)43)30(42)21(5)34-28(26)35(44)38(9,50-34)47-15-14-25(46-10)19(3)32-22(6)33(20(4)29(17)41)49-37(7,8)48-32/h11-17,19-20,22,25,32-33,42H,1-10H3,(H,39,45)/b12-11-,15-14-,18-13?. The van der Waals surface area contributed by atoms with Gasteiger partial charge >= 0.3 is 5.79 Å². The van der Waals surface area contributed by atoms with Crippen LogP contribution in [0.1, 0.15) is 92.0 Å². The second kappa shape index (κ2) is 13.4. The van der Waals surface area contributed by atoms with E-state index in [9.17, 15) is 29.1 Å². The van der Waals surface area contributed by atoms with Gasteiger partial charge < -0.3 is 34.1 Å². The van der Waals surface area contributed by atoms with Crippen molar-refractivity contribution in [2.45, 2.75) is 92.2 Å². The highest BCUT2D eigenvalue weighted by Gasteiger charge is 2.52. The summed E-state index contributed by atoms with van der Waals surface area (Å²) < 4.78 is 30.4. The molecule has 0 saturated carbocycles. The molecule has 12 nitrogen and oxygen atoms in total. The Morgan fingerprint density at radius 2 is 1.54 bits per heavy atom. The largest absolute Gasteiger partial charge is 0.507 e. The van der Waals surface area contributed by atoms with Gasteiger partial charge in [-0.15, -0.1) is 0 Å². The average Bonchev–Trinajstić information content (AvgIpc) is 3.32. The van der Waals surface area contributed by atoms with Crippen molar-refractivity contribution < 1.29 is 52.8 Å². The molecule has 0 radical (unpaired) electrons. The predicted molar refractivity (Wildman–Crippen MR) is 181 cm³/mol. The smallest absolute Gasteiger partial charge is 0.312 e. The summed E-state index contributed by atoms with van der Waals surface area (Å²) in [6.45, 7) is 15.4. The summed E-state index contributed by atoms with van der Waals surface area (Å²) in [6.07, 6.45) is 7.07. The average molecular weight is 692 g/mol. The molecule has 1 saturated heterocycles. The molecule has 1 aromatic rings. The Bertz CT molecular complexity index is 1780. The number of hydrogen-bond donors (Lipinski definition) is 2. The maximum atomic E-state index is 13.9. The zero-order chi connectivity index (χ0) is 37.0. The van der Waals surface area contributed by atoms with Crippen LogP contribution in [-0.4, -0.2) is 71.1 Å². The predicted octanol–water partition coefficient (Wildman–Crippen LogP) is 5.07. The summed E-state index contributed by atoms with van der Waals surface area (Å²) in [7, 11) is 1.53. The molecule has 4 heterocycles. The number of rotatable bonds is 1. The third-order valence-electron chi connectivity index (χ3n) is 10.1. The van der Waals surface area contributed by atoms with Gasteiger partial charge in [0.05, 0.1) is 47.0 Å². The number of carbonyl (C=O) groups excluding carboxylic acids is 5. The van der Waals surface area contributed by atoms with Crippen LogP contribution in [0.25, 0.3) is 0 Å². The van der Waals surface area contributed by atoms with E-state index < -0.39 is 76.3 Å². The van der Waals surface area contributed by atoms with Gasteiger partial charge in [0.2, 0.25) is 5.78 Å². The third kappa shape index (κ3) is 6.36. The number of ketones is 4. The second-order valence-electron chi connectivity index (χ2n) is 14.2. The number of ether oxygens (including phenoxy) is 5. The fourth-order valence-electron chi connectivity index (χ4n) is 7.16. The van der Waals surface area contributed by atoms with Crippen LogP contribution in [0, 0.1) is 30.6 Å². The molecule has 1 fully saturated rings. The number of phenolic OH excluding ortho intramolecular Hbond substituents is 1. The van der Waals surface area contributed by atoms with Crippen LogP contribution in [0.2, 0.25) is 0 Å². The van der Waals surface area contributed by atoms with Crippen molar-refractivity contribution >= 4 is 29.0 Å². The summed E-state index contributed by atoms with van der Waals surface area (Å²) in [5.74, 6) is -8.30. The molecule has 0 aromatic heterocycles. The molecular weight excluding hydrogens is 646 g/mol. The third-order valence-corrected chi connectivity index (χ3v) is 10.1. The number of Topliss-reactive ketones (excluding diaryl/α,β-unsaturated/α-hetero) is 3. The Labute approximate surface area is 291 Å². The number of fused-ring (bicyclic) bond motifs is 10. The minimum atomic E-state index is -1.96. The first-order valence-electron chi connectivity index (χ1n) is 16.7. The molecule has 1 aromatic carbocycles. The van der Waals surface area contributed by atoms with Gasteiger partial charge in [0, 0.05) is 54.9 Å². The lowest BCUT2D eigenvalue weighted by atomic mass is 9.78. The van der Waals surface area contributed by atoms with Crippen molar-refractivity contribution in [2.24, 2.45) is 23.7 Å². The lowest BCUT2D eigenvalue weighted by Gasteiger charge is -2.49. The summed E-state index contributed by atoms with van der Waals surface area (Å²) in [4.78, 5) is 67.8. The number of allylic oxidation sites excluding steroid dienone is 5. The topological polar surface area (TPSA) is 164 Å². The van der Waals surface area contributed by atoms with Gasteiger partial charge in [0.15, 0.2) is 11.6 Å². The Balaban J connectivity index is 1.60. The molecule has 1 amide bonds. The van der Waals surface area contributed by atoms with Crippen LogP contribution in [0.5, 0.6) is 11.5 Å². The van der Waals surface area contributed by atoms with Crippen molar-refractivity contribution in [2.75, 3.05) is 7.11 Å². The van der Waals surface area contributed by atoms with E-state index in [1.807, 2.05) is 20.8 Å². The zero-order valence-corrected chi connectivity index (χ0v) is 30.0. The van der Waals surface area contributed by atoms with Gasteiger partial charge in [0.25, 0.3) is 11.7 Å². The van der Waals surface area contributed by atoms with E-state index in [0.717, 1.165) is 6.08 Å². The van der Waals surface area contributed by atoms with Crippen LogP contribution >= 0.6 is 0 Å². The van der Waals surface area contributed by atoms with E-state index in [1.165, 1.54) is 40.2 Å². The maximum absolute atomic E-state index is 13.9. The van der Waals surface area contributed by atoms with Gasteiger partial charge in [-0.25, -0.2) is 0 Å². The SMILES string of the molecule is COC1/C=C\OC2(C)Oc3c(C)c(O)c4c(c3C2=O)C(=O)C=C(NC(=O)C(C)=C/C=C\C(C)C(=O)C(C)C2OC(C)(C)OC(C1C)C2C)C4=O. The van der Waals surface area contributed by atoms with E-state index in [1.54, 1.807) is 39.0 Å². The first kappa shape index (κ1) is 36.9. The van der Waals surface area contributed by atoms with Gasteiger partial charge in [-0.05, 0) is 33.8 Å². The Morgan fingerprint density at radius 1 is 0.880 bits per heavy atom. The number of methoxy groups -OCH3 is 1. The fourth-order valence-corrected chi connectivity index (χ4v) is 7.16. The number of aromatic hydroxyl groups is 1. The molecule has 6 rings (SSSR count). The van der Waals surface area contributed by atoms with E-state index >= 15 is 0 Å². The monoisotopic (exact) mass is 691 g/mol. The van der Waals surface area contributed by atoms with Gasteiger partial charge in [-0.3, -0.25) is 24.0 Å². The molecule has 2 N–H and O–H groups in total. The number of benzene rings is 1. The van der Waals surface area contributed by atoms with Crippen LogP contribution in [0.4, 0.5) is 0 Å². The van der Waals surface area contributed by atoms with Crippen LogP contribution in [0.3, 0.4) is 0 Å². The fraction of sp³-hybridized carbons (Fsp3) is 0.500. The molecule has 7 bridgehead atoms. The van der Waals surface area contributed by atoms with E-state index in [4.69, 9.17) is 23.7 Å². The minimum absolute atomic E-state index is 0.0491. The van der Waals surface area contributed by atoms with Gasteiger partial charge in [-0.1, -0.05) is 45.9 Å². The van der Waals surface area contributed by atoms with Crippen molar-refractivity contribution in [1.82, 2.24) is 5.32 Å². The molecular formula is C38H45NO11. The normalized spacial score (nSPS) is 34.3. The quantitative estimate of drug-likeness (QED) is 0.404. The Kier molecular flexibility index (Phi) is 9.87. The minimum Gasteiger partial charge on any atom is -0.507 e. The molecule has 50 heavy (non-hydrogen) atoms. The Hall–Kier alpha value is -4.39. The first-order valence-corrected chi connectivity index (χ1v) is 16.7.